The van der Waals surface area contributed by atoms with Gasteiger partial charge in [0.25, 0.3) is 0 Å². The van der Waals surface area contributed by atoms with Gasteiger partial charge < -0.3 is 36.3 Å². The number of aryl methyl sites for hydroxylation is 1. The van der Waals surface area contributed by atoms with Crippen LogP contribution in [0.4, 0.5) is 19.3 Å². The number of aliphatic hydroxyl groups excluding tert-OH is 1. The molecule has 12 heteroatoms. The molecule has 1 aliphatic heterocycles. The van der Waals surface area contributed by atoms with Crippen molar-refractivity contribution >= 4 is 17.7 Å². The van der Waals surface area contributed by atoms with Crippen molar-refractivity contribution in [3.05, 3.63) is 94.8 Å². The number of nitrogens with zero attached hydrogens (tertiary/aromatic N) is 1. The first kappa shape index (κ1) is 34.9. The van der Waals surface area contributed by atoms with Crippen molar-refractivity contribution in [2.45, 2.75) is 57.8 Å². The molecule has 4 atom stereocenters. The number of rotatable bonds is 13. The number of nitrogens with two attached hydrogens (primary N) is 1. The number of alkyl carbamates (subject to hydrolysis) is 1. The fourth-order valence-corrected chi connectivity index (χ4v) is 5.18. The Kier molecular flexibility index (Phi) is 12.2. The van der Waals surface area contributed by atoms with Gasteiger partial charge in [0.1, 0.15) is 24.3 Å². The van der Waals surface area contributed by atoms with E-state index in [1.165, 1.54) is 18.3 Å². The molecular formula is C34H43F2N5O5. The monoisotopic (exact) mass is 639 g/mol. The minimum Gasteiger partial charge on any atom is -0.447 e. The van der Waals surface area contributed by atoms with Gasteiger partial charge in [0.15, 0.2) is 0 Å². The van der Waals surface area contributed by atoms with Crippen LogP contribution < -0.4 is 21.7 Å². The summed E-state index contributed by atoms with van der Waals surface area (Å²) >= 11 is 0. The van der Waals surface area contributed by atoms with Crippen molar-refractivity contribution in [1.82, 2.24) is 15.6 Å². The largest absolute Gasteiger partial charge is 0.447 e. The molecule has 1 aromatic heterocycles. The van der Waals surface area contributed by atoms with E-state index in [-0.39, 0.29) is 43.5 Å². The normalized spacial score (nSPS) is 18.0. The third-order valence-electron chi connectivity index (χ3n) is 7.98. The van der Waals surface area contributed by atoms with Crippen molar-refractivity contribution in [2.24, 2.45) is 11.1 Å². The number of amides is 2. The zero-order valence-electron chi connectivity index (χ0n) is 26.4. The summed E-state index contributed by atoms with van der Waals surface area (Å²) in [5.41, 5.74) is 9.02. The summed E-state index contributed by atoms with van der Waals surface area (Å²) in [4.78, 5) is 29.6. The molecule has 3 aromatic rings. The van der Waals surface area contributed by atoms with Gasteiger partial charge in [0, 0.05) is 43.1 Å². The number of pyridine rings is 1. The second kappa shape index (κ2) is 16.0. The van der Waals surface area contributed by atoms with Gasteiger partial charge in [0.2, 0.25) is 5.91 Å². The summed E-state index contributed by atoms with van der Waals surface area (Å²) in [6.45, 7) is 6.78. The zero-order chi connectivity index (χ0) is 33.3. The Morgan fingerprint density at radius 1 is 1.09 bits per heavy atom. The first-order valence-corrected chi connectivity index (χ1v) is 15.3. The lowest BCUT2D eigenvalue weighted by atomic mass is 9.84. The summed E-state index contributed by atoms with van der Waals surface area (Å²) in [6.07, 6.45) is 1.81. The molecule has 2 aromatic carbocycles. The molecule has 4 rings (SSSR count). The lowest BCUT2D eigenvalue weighted by Crippen LogP contribution is -2.47. The number of carbonyl (C=O) groups excluding carboxylic acids is 2. The molecule has 2 unspecified atom stereocenters. The van der Waals surface area contributed by atoms with Crippen LogP contribution >= 0.6 is 0 Å². The van der Waals surface area contributed by atoms with Crippen molar-refractivity contribution in [3.63, 3.8) is 0 Å². The van der Waals surface area contributed by atoms with Crippen molar-refractivity contribution in [2.75, 3.05) is 38.2 Å². The molecule has 248 valence electrons. The molecule has 1 fully saturated rings. The molecule has 1 saturated heterocycles. The van der Waals surface area contributed by atoms with E-state index in [9.17, 15) is 19.1 Å². The van der Waals surface area contributed by atoms with Crippen LogP contribution in [-0.2, 0) is 20.7 Å². The first-order valence-electron chi connectivity index (χ1n) is 15.3. The van der Waals surface area contributed by atoms with Gasteiger partial charge in [-0.05, 0) is 43.0 Å². The van der Waals surface area contributed by atoms with Crippen LogP contribution in [0.5, 0.6) is 0 Å². The Morgan fingerprint density at radius 2 is 1.74 bits per heavy atom. The van der Waals surface area contributed by atoms with Crippen molar-refractivity contribution in [3.8, 4) is 0 Å². The lowest BCUT2D eigenvalue weighted by molar-refractivity contribution is -0.117. The fraction of sp³-hybridized carbons (Fsp3) is 0.441. The SMILES string of the molecule is Cc1ccc(C(c2ccc(F)cc2)C(N)C(=O)Nc2cncc(F)c2CC[C@@H]2CNC[C@@H](COC(=O)NCC(C)(C)CO)O2)cc1. The van der Waals surface area contributed by atoms with Crippen LogP contribution in [0.2, 0.25) is 0 Å². The van der Waals surface area contributed by atoms with Gasteiger partial charge in [-0.2, -0.15) is 0 Å². The Hall–Kier alpha value is -3.97. The molecule has 0 saturated carbocycles. The summed E-state index contributed by atoms with van der Waals surface area (Å²) in [5, 5.41) is 18.0. The highest BCUT2D eigenvalue weighted by Gasteiger charge is 2.30. The molecule has 2 amide bonds. The van der Waals surface area contributed by atoms with Gasteiger partial charge in [-0.1, -0.05) is 55.8 Å². The van der Waals surface area contributed by atoms with Crippen LogP contribution in [0.25, 0.3) is 0 Å². The van der Waals surface area contributed by atoms with Gasteiger partial charge in [-0.25, -0.2) is 13.6 Å². The maximum atomic E-state index is 15.1. The van der Waals surface area contributed by atoms with E-state index >= 15 is 4.39 Å². The minimum atomic E-state index is -1.08. The predicted molar refractivity (Wildman–Crippen MR) is 170 cm³/mol. The number of hydrogen-bond donors (Lipinski definition) is 5. The number of anilines is 1. The number of hydrogen-bond acceptors (Lipinski definition) is 8. The Balaban J connectivity index is 1.39. The summed E-state index contributed by atoms with van der Waals surface area (Å²) in [5.74, 6) is -2.11. The molecule has 0 radical (unpaired) electrons. The molecule has 46 heavy (non-hydrogen) atoms. The Bertz CT molecular complexity index is 1410. The maximum absolute atomic E-state index is 15.1. The van der Waals surface area contributed by atoms with E-state index in [2.05, 4.69) is 20.9 Å². The van der Waals surface area contributed by atoms with Crippen LogP contribution in [0.3, 0.4) is 0 Å². The maximum Gasteiger partial charge on any atom is 0.407 e. The second-order valence-electron chi connectivity index (χ2n) is 12.5. The molecule has 10 nitrogen and oxygen atoms in total. The van der Waals surface area contributed by atoms with Crippen LogP contribution in [0.15, 0.2) is 60.9 Å². The highest BCUT2D eigenvalue weighted by Crippen LogP contribution is 2.29. The molecule has 0 aliphatic carbocycles. The molecular weight excluding hydrogens is 596 g/mol. The van der Waals surface area contributed by atoms with Crippen LogP contribution in [0.1, 0.15) is 48.4 Å². The van der Waals surface area contributed by atoms with Gasteiger partial charge in [0.05, 0.1) is 30.2 Å². The minimum absolute atomic E-state index is 0.0217. The number of benzene rings is 2. The number of aliphatic hydroxyl groups is 1. The highest BCUT2D eigenvalue weighted by molar-refractivity contribution is 5.96. The Morgan fingerprint density at radius 3 is 2.41 bits per heavy atom. The average molecular weight is 640 g/mol. The van der Waals surface area contributed by atoms with E-state index in [0.29, 0.717) is 25.1 Å². The molecule has 1 aliphatic rings. The van der Waals surface area contributed by atoms with E-state index in [4.69, 9.17) is 15.2 Å². The summed E-state index contributed by atoms with van der Waals surface area (Å²) < 4.78 is 40.2. The van der Waals surface area contributed by atoms with Crippen molar-refractivity contribution < 1.29 is 33.0 Å². The van der Waals surface area contributed by atoms with E-state index in [1.54, 1.807) is 12.1 Å². The second-order valence-corrected chi connectivity index (χ2v) is 12.5. The lowest BCUT2D eigenvalue weighted by Gasteiger charge is -2.31. The number of ether oxygens (including phenoxy) is 2. The van der Waals surface area contributed by atoms with Crippen LogP contribution in [-0.4, -0.2) is 73.2 Å². The summed E-state index contributed by atoms with van der Waals surface area (Å²) in [6, 6.07) is 12.4. The number of nitrogens with one attached hydrogen (secondary N) is 3. The van der Waals surface area contributed by atoms with E-state index < -0.39 is 47.1 Å². The zero-order valence-corrected chi connectivity index (χ0v) is 26.4. The number of morpholine rings is 1. The quantitative estimate of drug-likeness (QED) is 0.190. The van der Waals surface area contributed by atoms with Crippen LogP contribution in [0, 0.1) is 24.0 Å². The standard InChI is InChI=1S/C34H43F2N5O5/c1-21-4-6-22(7-5-21)30(23-8-10-24(35)11-9-23)31(37)32(43)41-29-17-39-16-28(36)27(29)13-12-25-14-38-15-26(46-25)18-45-33(44)40-19-34(2,3)20-42/h4-11,16-17,25-26,30-31,38,42H,12-15,18-20,37H2,1-3H3,(H,40,44)(H,41,43)/t25-,26+,30?,31?/m1/s1. The van der Waals surface area contributed by atoms with Gasteiger partial charge in [-0.15, -0.1) is 0 Å². The number of halogens is 2. The van der Waals surface area contributed by atoms with Crippen molar-refractivity contribution in [1.29, 1.82) is 0 Å². The molecule has 0 spiro atoms. The number of carbonyl (C=O) groups is 2. The third kappa shape index (κ3) is 9.76. The topological polar surface area (TPSA) is 148 Å². The summed E-state index contributed by atoms with van der Waals surface area (Å²) in [7, 11) is 0. The Labute approximate surface area is 268 Å². The molecule has 0 bridgehead atoms. The number of aromatic nitrogens is 1. The average Bonchev–Trinajstić information content (AvgIpc) is 3.04. The smallest absolute Gasteiger partial charge is 0.407 e. The molecule has 2 heterocycles. The predicted octanol–water partition coefficient (Wildman–Crippen LogP) is 3.80. The van der Waals surface area contributed by atoms with E-state index in [0.717, 1.165) is 17.3 Å². The first-order chi connectivity index (χ1) is 22.0. The van der Waals surface area contributed by atoms with E-state index in [1.807, 2.05) is 45.0 Å². The third-order valence-corrected chi connectivity index (χ3v) is 7.98. The van der Waals surface area contributed by atoms with Gasteiger partial charge >= 0.3 is 6.09 Å². The van der Waals surface area contributed by atoms with Gasteiger partial charge in [-0.3, -0.25) is 9.78 Å². The fourth-order valence-electron chi connectivity index (χ4n) is 5.18. The molecule has 6 N–H and O–H groups in total. The highest BCUT2D eigenvalue weighted by atomic mass is 19.1.